The zero-order valence-corrected chi connectivity index (χ0v) is 16.6. The lowest BCUT2D eigenvalue weighted by atomic mass is 9.71. The van der Waals surface area contributed by atoms with Gasteiger partial charge in [0.1, 0.15) is 0 Å². The van der Waals surface area contributed by atoms with Crippen molar-refractivity contribution in [2.45, 2.75) is 25.4 Å². The van der Waals surface area contributed by atoms with Crippen molar-refractivity contribution >= 4 is 22.6 Å². The summed E-state index contributed by atoms with van der Waals surface area (Å²) in [4.78, 5) is 29.1. The molecule has 0 spiro atoms. The van der Waals surface area contributed by atoms with E-state index >= 15 is 0 Å². The number of nitrogens with zero attached hydrogens (tertiary/aromatic N) is 1. The van der Waals surface area contributed by atoms with Crippen LogP contribution in [0.15, 0.2) is 36.4 Å². The Morgan fingerprint density at radius 2 is 2.03 bits per heavy atom. The van der Waals surface area contributed by atoms with Crippen molar-refractivity contribution in [3.05, 3.63) is 69.9 Å². The number of nitrogens with one attached hydrogen (secondary N) is 2. The van der Waals surface area contributed by atoms with Gasteiger partial charge in [-0.3, -0.25) is 9.59 Å². The molecule has 3 aromatic rings. The fraction of sp³-hybridized carbons (Fsp3) is 0.261. The Labute approximate surface area is 173 Å². The number of amides is 1. The Kier molecular flexibility index (Phi) is 4.69. The lowest BCUT2D eigenvalue weighted by molar-refractivity contribution is 0.0801. The third-order valence-corrected chi connectivity index (χ3v) is 5.69. The van der Waals surface area contributed by atoms with Crippen molar-refractivity contribution in [2.75, 3.05) is 13.2 Å². The Morgan fingerprint density at radius 3 is 2.73 bits per heavy atom. The van der Waals surface area contributed by atoms with Crippen molar-refractivity contribution in [2.24, 2.45) is 0 Å². The summed E-state index contributed by atoms with van der Waals surface area (Å²) < 4.78 is 0. The van der Waals surface area contributed by atoms with Gasteiger partial charge in [0.15, 0.2) is 5.78 Å². The van der Waals surface area contributed by atoms with Crippen LogP contribution in [-0.4, -0.2) is 46.1 Å². The second kappa shape index (κ2) is 7.10. The molecule has 0 aliphatic heterocycles. The summed E-state index contributed by atoms with van der Waals surface area (Å²) in [6.45, 7) is 3.45. The fourth-order valence-electron chi connectivity index (χ4n) is 4.02. The number of benzene rings is 2. The number of H-pyrrole nitrogens is 1. The summed E-state index contributed by atoms with van der Waals surface area (Å²) in [6.07, 6.45) is -1.03. The molecular formula is C23H21N3O4. The molecule has 0 saturated carbocycles. The van der Waals surface area contributed by atoms with Gasteiger partial charge in [0.05, 0.1) is 29.9 Å². The maximum Gasteiger partial charge on any atom is 0.251 e. The van der Waals surface area contributed by atoms with Crippen molar-refractivity contribution in [1.29, 1.82) is 5.26 Å². The van der Waals surface area contributed by atoms with Crippen molar-refractivity contribution in [3.8, 4) is 6.07 Å². The lowest BCUT2D eigenvalue weighted by Gasteiger charge is -2.32. The summed E-state index contributed by atoms with van der Waals surface area (Å²) in [6, 6.07) is 12.3. The number of aromatic amines is 1. The minimum absolute atomic E-state index is 0.0673. The molecule has 1 heterocycles. The normalized spacial score (nSPS) is 15.2. The summed E-state index contributed by atoms with van der Waals surface area (Å²) in [5, 5.41) is 30.9. The van der Waals surface area contributed by atoms with E-state index in [4.69, 9.17) is 5.11 Å². The highest BCUT2D eigenvalue weighted by atomic mass is 16.3. The fourth-order valence-corrected chi connectivity index (χ4v) is 4.02. The number of aliphatic hydroxyl groups is 2. The van der Waals surface area contributed by atoms with Crippen molar-refractivity contribution < 1.29 is 19.8 Å². The van der Waals surface area contributed by atoms with E-state index in [2.05, 4.69) is 16.4 Å². The molecule has 0 bridgehead atoms. The van der Waals surface area contributed by atoms with Gasteiger partial charge < -0.3 is 20.5 Å². The first-order chi connectivity index (χ1) is 14.3. The Bertz CT molecular complexity index is 1230. The van der Waals surface area contributed by atoms with Gasteiger partial charge in [0.2, 0.25) is 0 Å². The third-order valence-electron chi connectivity index (χ3n) is 5.69. The van der Waals surface area contributed by atoms with E-state index in [-0.39, 0.29) is 12.3 Å². The number of nitriles is 1. The molecule has 0 fully saturated rings. The van der Waals surface area contributed by atoms with Gasteiger partial charge in [-0.2, -0.15) is 5.26 Å². The van der Waals surface area contributed by atoms with Gasteiger partial charge >= 0.3 is 0 Å². The second-order valence-electron chi connectivity index (χ2n) is 8.01. The predicted octanol–water partition coefficient (Wildman–Crippen LogP) is 1.99. The summed E-state index contributed by atoms with van der Waals surface area (Å²) in [5.41, 5.74) is 3.62. The van der Waals surface area contributed by atoms with Gasteiger partial charge in [-0.25, -0.2) is 0 Å². The lowest BCUT2D eigenvalue weighted by Crippen LogP contribution is -2.35. The number of aromatic nitrogens is 1. The number of fused-ring (bicyclic) bond motifs is 4. The first-order valence-corrected chi connectivity index (χ1v) is 9.60. The van der Waals surface area contributed by atoms with Gasteiger partial charge in [-0.15, -0.1) is 0 Å². The Hall–Kier alpha value is -3.47. The van der Waals surface area contributed by atoms with Crippen LogP contribution in [0, 0.1) is 11.3 Å². The molecule has 0 radical (unpaired) electrons. The van der Waals surface area contributed by atoms with E-state index in [1.165, 1.54) is 0 Å². The van der Waals surface area contributed by atoms with Crippen LogP contribution in [0.25, 0.3) is 10.9 Å². The SMILES string of the molecule is CC1(C)c2cc(C(=O)NC[C@@H](O)CO)ccc2C(=O)c2c1[nH]c1cc(C#N)ccc21. The minimum Gasteiger partial charge on any atom is -0.394 e. The molecule has 0 unspecified atom stereocenters. The highest BCUT2D eigenvalue weighted by molar-refractivity contribution is 6.20. The van der Waals surface area contributed by atoms with Crippen LogP contribution in [0.4, 0.5) is 0 Å². The maximum absolute atomic E-state index is 13.3. The largest absolute Gasteiger partial charge is 0.394 e. The Morgan fingerprint density at radius 1 is 1.27 bits per heavy atom. The Balaban J connectivity index is 1.79. The standard InChI is InChI=1S/C23H21N3O4/c1-23(2)17-8-13(22(30)25-10-14(28)11-27)4-6-15(17)20(29)19-16-5-3-12(9-24)7-18(16)26-21(19)23/h3-8,14,26-28H,10-11H2,1-2H3,(H,25,30)/t14-/m1/s1. The van der Waals surface area contributed by atoms with E-state index < -0.39 is 24.0 Å². The van der Waals surface area contributed by atoms with Gasteiger partial charge in [0, 0.05) is 39.7 Å². The molecule has 7 nitrogen and oxygen atoms in total. The van der Waals surface area contributed by atoms with Gasteiger partial charge in [-0.1, -0.05) is 19.9 Å². The van der Waals surface area contributed by atoms with Gasteiger partial charge in [-0.05, 0) is 35.9 Å². The van der Waals surface area contributed by atoms with Crippen molar-refractivity contribution in [1.82, 2.24) is 10.3 Å². The van der Waals surface area contributed by atoms with E-state index in [0.717, 1.165) is 22.2 Å². The smallest absolute Gasteiger partial charge is 0.251 e. The maximum atomic E-state index is 13.3. The topological polar surface area (TPSA) is 126 Å². The summed E-state index contributed by atoms with van der Waals surface area (Å²) in [7, 11) is 0. The van der Waals surface area contributed by atoms with Gasteiger partial charge in [0.25, 0.3) is 5.91 Å². The quantitative estimate of drug-likeness (QED) is 0.530. The molecular weight excluding hydrogens is 382 g/mol. The molecule has 30 heavy (non-hydrogen) atoms. The van der Waals surface area contributed by atoms with E-state index in [0.29, 0.717) is 22.3 Å². The minimum atomic E-state index is -1.03. The van der Waals surface area contributed by atoms with E-state index in [1.54, 1.807) is 36.4 Å². The van der Waals surface area contributed by atoms with Crippen LogP contribution in [0.3, 0.4) is 0 Å². The monoisotopic (exact) mass is 403 g/mol. The molecule has 0 saturated heterocycles. The molecule has 1 aromatic heterocycles. The summed E-state index contributed by atoms with van der Waals surface area (Å²) >= 11 is 0. The van der Waals surface area contributed by atoms with E-state index in [9.17, 15) is 20.0 Å². The third kappa shape index (κ3) is 2.98. The van der Waals surface area contributed by atoms with Crippen LogP contribution >= 0.6 is 0 Å². The second-order valence-corrected chi connectivity index (χ2v) is 8.01. The average molecular weight is 403 g/mol. The highest BCUT2D eigenvalue weighted by Gasteiger charge is 2.40. The zero-order chi connectivity index (χ0) is 21.6. The molecule has 4 N–H and O–H groups in total. The number of aliphatic hydroxyl groups excluding tert-OH is 2. The molecule has 1 amide bonds. The molecule has 1 atom stereocenters. The predicted molar refractivity (Wildman–Crippen MR) is 110 cm³/mol. The molecule has 1 aliphatic carbocycles. The number of hydrogen-bond acceptors (Lipinski definition) is 5. The zero-order valence-electron chi connectivity index (χ0n) is 16.6. The summed E-state index contributed by atoms with van der Waals surface area (Å²) in [5.74, 6) is -0.521. The molecule has 7 heteroatoms. The van der Waals surface area contributed by atoms with Crippen LogP contribution < -0.4 is 5.32 Å². The van der Waals surface area contributed by atoms with Crippen LogP contribution in [0.5, 0.6) is 0 Å². The van der Waals surface area contributed by atoms with Crippen LogP contribution in [-0.2, 0) is 5.41 Å². The first-order valence-electron chi connectivity index (χ1n) is 9.60. The first kappa shape index (κ1) is 19.8. The molecule has 152 valence electrons. The number of rotatable bonds is 4. The highest BCUT2D eigenvalue weighted by Crippen LogP contribution is 2.43. The van der Waals surface area contributed by atoms with E-state index in [1.807, 2.05) is 13.8 Å². The van der Waals surface area contributed by atoms with Crippen molar-refractivity contribution in [3.63, 3.8) is 0 Å². The number of ketones is 1. The molecule has 1 aliphatic rings. The average Bonchev–Trinajstić information content (AvgIpc) is 3.15. The number of hydrogen-bond donors (Lipinski definition) is 4. The molecule has 4 rings (SSSR count). The number of carbonyl (C=O) groups is 2. The number of carbonyl (C=O) groups excluding carboxylic acids is 2. The molecule has 2 aromatic carbocycles. The van der Waals surface area contributed by atoms with Crippen LogP contribution in [0.2, 0.25) is 0 Å². The van der Waals surface area contributed by atoms with Crippen LogP contribution in [0.1, 0.15) is 56.9 Å².